The summed E-state index contributed by atoms with van der Waals surface area (Å²) in [4.78, 5) is 6.77. The SMILES string of the molecule is CCN(CC)C(CNC(=NC)NC(C)(C)C)c1cccc(OC)c1. The van der Waals surface area contributed by atoms with Crippen molar-refractivity contribution in [3.8, 4) is 5.75 Å². The van der Waals surface area contributed by atoms with Crippen LogP contribution < -0.4 is 15.4 Å². The molecule has 1 aromatic rings. The highest BCUT2D eigenvalue weighted by Gasteiger charge is 2.20. The standard InChI is InChI=1S/C19H34N4O/c1-8-23(9-2)17(15-11-10-12-16(13-15)24-7)14-21-18(20-6)22-19(3,4)5/h10-13,17H,8-9,14H2,1-7H3,(H2,20,21,22). The van der Waals surface area contributed by atoms with E-state index in [0.717, 1.165) is 31.3 Å². The molecule has 24 heavy (non-hydrogen) atoms. The van der Waals surface area contributed by atoms with Gasteiger partial charge in [-0.15, -0.1) is 0 Å². The van der Waals surface area contributed by atoms with Crippen molar-refractivity contribution < 1.29 is 4.74 Å². The van der Waals surface area contributed by atoms with Crippen molar-refractivity contribution in [2.45, 2.75) is 46.2 Å². The van der Waals surface area contributed by atoms with Crippen LogP contribution in [-0.2, 0) is 0 Å². The van der Waals surface area contributed by atoms with E-state index in [1.807, 2.05) is 12.1 Å². The van der Waals surface area contributed by atoms with Gasteiger partial charge in [-0.05, 0) is 51.6 Å². The molecule has 0 fully saturated rings. The predicted octanol–water partition coefficient (Wildman–Crippen LogP) is 3.04. The Kier molecular flexibility index (Phi) is 8.05. The molecule has 0 amide bonds. The van der Waals surface area contributed by atoms with Gasteiger partial charge in [0.2, 0.25) is 0 Å². The number of nitrogens with zero attached hydrogens (tertiary/aromatic N) is 2. The van der Waals surface area contributed by atoms with E-state index in [-0.39, 0.29) is 11.6 Å². The fraction of sp³-hybridized carbons (Fsp3) is 0.632. The normalized spacial score (nSPS) is 13.8. The van der Waals surface area contributed by atoms with Gasteiger partial charge in [0.15, 0.2) is 5.96 Å². The average Bonchev–Trinajstić information content (AvgIpc) is 2.56. The first kappa shape index (κ1) is 20.3. The molecule has 0 aliphatic rings. The highest BCUT2D eigenvalue weighted by Crippen LogP contribution is 2.23. The number of methoxy groups -OCH3 is 1. The van der Waals surface area contributed by atoms with E-state index >= 15 is 0 Å². The van der Waals surface area contributed by atoms with Gasteiger partial charge in [-0.25, -0.2) is 0 Å². The molecule has 5 nitrogen and oxygen atoms in total. The molecule has 0 radical (unpaired) electrons. The lowest BCUT2D eigenvalue weighted by Crippen LogP contribution is -2.49. The largest absolute Gasteiger partial charge is 0.497 e. The summed E-state index contributed by atoms with van der Waals surface area (Å²) in [6, 6.07) is 8.56. The third-order valence-electron chi connectivity index (χ3n) is 3.91. The maximum Gasteiger partial charge on any atom is 0.191 e. The van der Waals surface area contributed by atoms with Crippen LogP contribution in [0, 0.1) is 0 Å². The molecule has 0 aliphatic heterocycles. The minimum absolute atomic E-state index is 0.0253. The van der Waals surface area contributed by atoms with Crippen molar-refractivity contribution in [1.82, 2.24) is 15.5 Å². The summed E-state index contributed by atoms with van der Waals surface area (Å²) in [7, 11) is 3.51. The summed E-state index contributed by atoms with van der Waals surface area (Å²) in [5, 5.41) is 6.87. The number of nitrogens with one attached hydrogen (secondary N) is 2. The van der Waals surface area contributed by atoms with Crippen molar-refractivity contribution in [3.05, 3.63) is 29.8 Å². The number of ether oxygens (including phenoxy) is 1. The van der Waals surface area contributed by atoms with Crippen LogP contribution in [0.1, 0.15) is 46.2 Å². The molecule has 0 heterocycles. The van der Waals surface area contributed by atoms with Gasteiger partial charge in [-0.1, -0.05) is 26.0 Å². The van der Waals surface area contributed by atoms with E-state index in [0.29, 0.717) is 0 Å². The second-order valence-corrected chi connectivity index (χ2v) is 6.84. The highest BCUT2D eigenvalue weighted by molar-refractivity contribution is 5.80. The van der Waals surface area contributed by atoms with Crippen LogP contribution in [0.2, 0.25) is 0 Å². The zero-order valence-electron chi connectivity index (χ0n) is 16.3. The Labute approximate surface area is 147 Å². The molecule has 0 bridgehead atoms. The van der Waals surface area contributed by atoms with Crippen molar-refractivity contribution in [1.29, 1.82) is 0 Å². The lowest BCUT2D eigenvalue weighted by molar-refractivity contribution is 0.218. The van der Waals surface area contributed by atoms with Crippen LogP contribution in [0.5, 0.6) is 5.75 Å². The van der Waals surface area contributed by atoms with Crippen molar-refractivity contribution in [2.75, 3.05) is 33.8 Å². The molecule has 0 spiro atoms. The van der Waals surface area contributed by atoms with E-state index in [9.17, 15) is 0 Å². The smallest absolute Gasteiger partial charge is 0.191 e. The molecular formula is C19H34N4O. The van der Waals surface area contributed by atoms with E-state index in [1.54, 1.807) is 14.2 Å². The van der Waals surface area contributed by atoms with Crippen molar-refractivity contribution in [3.63, 3.8) is 0 Å². The zero-order valence-corrected chi connectivity index (χ0v) is 16.3. The predicted molar refractivity (Wildman–Crippen MR) is 103 cm³/mol. The molecule has 0 aromatic heterocycles. The number of benzene rings is 1. The molecule has 0 saturated carbocycles. The minimum Gasteiger partial charge on any atom is -0.497 e. The number of hydrogen-bond acceptors (Lipinski definition) is 3. The lowest BCUT2D eigenvalue weighted by atomic mass is 10.0. The van der Waals surface area contributed by atoms with Gasteiger partial charge in [0, 0.05) is 19.1 Å². The molecule has 0 aliphatic carbocycles. The van der Waals surface area contributed by atoms with Gasteiger partial charge in [0.05, 0.1) is 13.2 Å². The fourth-order valence-electron chi connectivity index (χ4n) is 2.70. The molecule has 0 saturated heterocycles. The lowest BCUT2D eigenvalue weighted by Gasteiger charge is -2.32. The summed E-state index contributed by atoms with van der Waals surface area (Å²) in [6.07, 6.45) is 0. The second-order valence-electron chi connectivity index (χ2n) is 6.84. The number of aliphatic imine (C=N–C) groups is 1. The Bertz CT molecular complexity index is 518. The summed E-state index contributed by atoms with van der Waals surface area (Å²) >= 11 is 0. The van der Waals surface area contributed by atoms with E-state index < -0.39 is 0 Å². The van der Waals surface area contributed by atoms with Crippen LogP contribution in [-0.4, -0.2) is 50.2 Å². The van der Waals surface area contributed by atoms with E-state index in [1.165, 1.54) is 5.56 Å². The molecule has 1 aromatic carbocycles. The molecule has 136 valence electrons. The quantitative estimate of drug-likeness (QED) is 0.594. The molecular weight excluding hydrogens is 300 g/mol. The average molecular weight is 335 g/mol. The van der Waals surface area contributed by atoms with Crippen molar-refractivity contribution in [2.24, 2.45) is 4.99 Å². The van der Waals surface area contributed by atoms with Gasteiger partial charge < -0.3 is 15.4 Å². The molecule has 1 unspecified atom stereocenters. The maximum absolute atomic E-state index is 5.39. The summed E-state index contributed by atoms with van der Waals surface area (Å²) < 4.78 is 5.39. The Morgan fingerprint density at radius 2 is 1.92 bits per heavy atom. The third-order valence-corrected chi connectivity index (χ3v) is 3.91. The highest BCUT2D eigenvalue weighted by atomic mass is 16.5. The summed E-state index contributed by atoms with van der Waals surface area (Å²) in [6.45, 7) is 13.5. The Morgan fingerprint density at radius 1 is 1.25 bits per heavy atom. The van der Waals surface area contributed by atoms with E-state index in [2.05, 4.69) is 67.3 Å². The Balaban J connectivity index is 2.94. The van der Waals surface area contributed by atoms with Crippen LogP contribution in [0.25, 0.3) is 0 Å². The fourth-order valence-corrected chi connectivity index (χ4v) is 2.70. The first-order chi connectivity index (χ1) is 11.3. The van der Waals surface area contributed by atoms with Crippen LogP contribution >= 0.6 is 0 Å². The summed E-state index contributed by atoms with van der Waals surface area (Å²) in [5.41, 5.74) is 1.22. The van der Waals surface area contributed by atoms with Gasteiger partial charge in [-0.3, -0.25) is 9.89 Å². The Hall–Kier alpha value is -1.75. The summed E-state index contributed by atoms with van der Waals surface area (Å²) in [5.74, 6) is 1.71. The first-order valence-electron chi connectivity index (χ1n) is 8.71. The van der Waals surface area contributed by atoms with Gasteiger partial charge in [0.25, 0.3) is 0 Å². The number of hydrogen-bond donors (Lipinski definition) is 2. The van der Waals surface area contributed by atoms with Gasteiger partial charge >= 0.3 is 0 Å². The first-order valence-corrected chi connectivity index (χ1v) is 8.71. The topological polar surface area (TPSA) is 48.9 Å². The molecule has 1 atom stereocenters. The zero-order chi connectivity index (χ0) is 18.2. The second kappa shape index (κ2) is 9.52. The molecule has 5 heteroatoms. The van der Waals surface area contributed by atoms with Gasteiger partial charge in [-0.2, -0.15) is 0 Å². The number of likely N-dealkylation sites (N-methyl/N-ethyl adjacent to an activating group) is 1. The van der Waals surface area contributed by atoms with Crippen LogP contribution in [0.3, 0.4) is 0 Å². The maximum atomic E-state index is 5.39. The van der Waals surface area contributed by atoms with Crippen molar-refractivity contribution >= 4 is 5.96 Å². The van der Waals surface area contributed by atoms with Crippen LogP contribution in [0.15, 0.2) is 29.3 Å². The molecule has 2 N–H and O–H groups in total. The monoisotopic (exact) mass is 334 g/mol. The third kappa shape index (κ3) is 6.40. The minimum atomic E-state index is -0.0253. The van der Waals surface area contributed by atoms with Gasteiger partial charge in [0.1, 0.15) is 5.75 Å². The van der Waals surface area contributed by atoms with Crippen LogP contribution in [0.4, 0.5) is 0 Å². The Morgan fingerprint density at radius 3 is 2.42 bits per heavy atom. The molecule has 1 rings (SSSR count). The van der Waals surface area contributed by atoms with E-state index in [4.69, 9.17) is 4.74 Å². The number of guanidine groups is 1. The number of rotatable bonds is 7.